The summed E-state index contributed by atoms with van der Waals surface area (Å²) in [5.41, 5.74) is 6.48. The van der Waals surface area contributed by atoms with E-state index in [9.17, 15) is 4.79 Å². The number of nitrogens with zero attached hydrogens (tertiary/aromatic N) is 5. The quantitative estimate of drug-likeness (QED) is 0.853. The number of nitrogen functional groups attached to an aromatic ring is 1. The SMILES string of the molecule is CCN(CC(=O)N(C)C)c1nc(N)cn2ccnc12. The lowest BCUT2D eigenvalue weighted by Gasteiger charge is -2.23. The van der Waals surface area contributed by atoms with Crippen LogP contribution >= 0.6 is 0 Å². The van der Waals surface area contributed by atoms with Gasteiger partial charge in [0.1, 0.15) is 5.82 Å². The van der Waals surface area contributed by atoms with Crippen LogP contribution in [0.2, 0.25) is 0 Å². The maximum atomic E-state index is 11.8. The highest BCUT2D eigenvalue weighted by Gasteiger charge is 2.17. The molecule has 0 aliphatic carbocycles. The Balaban J connectivity index is 2.40. The van der Waals surface area contributed by atoms with Crippen molar-refractivity contribution in [2.45, 2.75) is 6.92 Å². The summed E-state index contributed by atoms with van der Waals surface area (Å²) < 4.78 is 1.81. The van der Waals surface area contributed by atoms with Crippen LogP contribution < -0.4 is 10.6 Å². The molecule has 0 spiro atoms. The fourth-order valence-corrected chi connectivity index (χ4v) is 1.79. The first kappa shape index (κ1) is 13.1. The van der Waals surface area contributed by atoms with E-state index in [4.69, 9.17) is 5.73 Å². The van der Waals surface area contributed by atoms with E-state index in [1.54, 1.807) is 42.0 Å². The summed E-state index contributed by atoms with van der Waals surface area (Å²) in [5, 5.41) is 0. The Hall–Kier alpha value is -2.31. The number of imidazole rings is 1. The maximum Gasteiger partial charge on any atom is 0.241 e. The van der Waals surface area contributed by atoms with Gasteiger partial charge in [-0.25, -0.2) is 9.97 Å². The number of nitrogens with two attached hydrogens (primary N) is 1. The molecule has 0 bridgehead atoms. The number of anilines is 2. The highest BCUT2D eigenvalue weighted by Crippen LogP contribution is 2.19. The predicted octanol–water partition coefficient (Wildman–Crippen LogP) is 0.226. The molecule has 0 atom stereocenters. The fraction of sp³-hybridized carbons (Fsp3) is 0.417. The molecule has 7 heteroatoms. The van der Waals surface area contributed by atoms with Gasteiger partial charge in [-0.2, -0.15) is 0 Å². The molecule has 1 amide bonds. The molecule has 2 rings (SSSR count). The van der Waals surface area contributed by atoms with E-state index < -0.39 is 0 Å². The van der Waals surface area contributed by atoms with Gasteiger partial charge in [0, 0.05) is 33.0 Å². The highest BCUT2D eigenvalue weighted by atomic mass is 16.2. The molecular weight excluding hydrogens is 244 g/mol. The summed E-state index contributed by atoms with van der Waals surface area (Å²) in [5.74, 6) is 1.04. The fourth-order valence-electron chi connectivity index (χ4n) is 1.79. The van der Waals surface area contributed by atoms with Crippen LogP contribution in [0.4, 0.5) is 11.6 Å². The molecule has 0 saturated heterocycles. The van der Waals surface area contributed by atoms with E-state index in [-0.39, 0.29) is 12.5 Å². The molecule has 19 heavy (non-hydrogen) atoms. The zero-order valence-corrected chi connectivity index (χ0v) is 11.4. The van der Waals surface area contributed by atoms with Gasteiger partial charge in [0.25, 0.3) is 0 Å². The van der Waals surface area contributed by atoms with Crippen LogP contribution in [0.1, 0.15) is 6.92 Å². The molecule has 0 radical (unpaired) electrons. The van der Waals surface area contributed by atoms with Crippen LogP contribution in [0.3, 0.4) is 0 Å². The van der Waals surface area contributed by atoms with Gasteiger partial charge in [-0.3, -0.25) is 4.79 Å². The minimum Gasteiger partial charge on any atom is -0.382 e. The van der Waals surface area contributed by atoms with E-state index in [0.717, 1.165) is 0 Å². The number of hydrogen-bond acceptors (Lipinski definition) is 5. The van der Waals surface area contributed by atoms with Crippen molar-refractivity contribution in [2.24, 2.45) is 0 Å². The third kappa shape index (κ3) is 2.59. The molecule has 2 N–H and O–H groups in total. The van der Waals surface area contributed by atoms with E-state index in [1.807, 2.05) is 11.8 Å². The van der Waals surface area contributed by atoms with Crippen LogP contribution in [0.25, 0.3) is 5.65 Å². The van der Waals surface area contributed by atoms with Crippen LogP contribution in [-0.2, 0) is 4.79 Å². The molecule has 102 valence electrons. The summed E-state index contributed by atoms with van der Waals surface area (Å²) in [6.07, 6.45) is 5.19. The van der Waals surface area contributed by atoms with Crippen LogP contribution in [-0.4, -0.2) is 52.4 Å². The molecule has 0 saturated carbocycles. The zero-order chi connectivity index (χ0) is 14.0. The molecule has 2 heterocycles. The van der Waals surface area contributed by atoms with E-state index >= 15 is 0 Å². The normalized spacial score (nSPS) is 10.7. The summed E-state index contributed by atoms with van der Waals surface area (Å²) in [6, 6.07) is 0. The van der Waals surface area contributed by atoms with Gasteiger partial charge in [0.05, 0.1) is 12.7 Å². The number of hydrogen-bond donors (Lipinski definition) is 1. The first-order valence-corrected chi connectivity index (χ1v) is 6.07. The minimum atomic E-state index is 0.00998. The molecule has 0 aliphatic rings. The van der Waals surface area contributed by atoms with Gasteiger partial charge < -0.3 is 19.9 Å². The third-order valence-corrected chi connectivity index (χ3v) is 2.88. The van der Waals surface area contributed by atoms with Gasteiger partial charge in [0.2, 0.25) is 5.91 Å². The van der Waals surface area contributed by atoms with Gasteiger partial charge >= 0.3 is 0 Å². The average Bonchev–Trinajstić information content (AvgIpc) is 2.82. The predicted molar refractivity (Wildman–Crippen MR) is 74.0 cm³/mol. The molecule has 7 nitrogen and oxygen atoms in total. The van der Waals surface area contributed by atoms with Crippen molar-refractivity contribution in [3.63, 3.8) is 0 Å². The lowest BCUT2D eigenvalue weighted by molar-refractivity contribution is -0.127. The van der Waals surface area contributed by atoms with Gasteiger partial charge in [0.15, 0.2) is 11.5 Å². The summed E-state index contributed by atoms with van der Waals surface area (Å²) in [4.78, 5) is 23.8. The first-order valence-electron chi connectivity index (χ1n) is 6.07. The first-order chi connectivity index (χ1) is 9.02. The second-order valence-electron chi connectivity index (χ2n) is 4.45. The van der Waals surface area contributed by atoms with Crippen LogP contribution in [0.5, 0.6) is 0 Å². The van der Waals surface area contributed by atoms with Crippen LogP contribution in [0, 0.1) is 0 Å². The lowest BCUT2D eigenvalue weighted by Crippen LogP contribution is -2.37. The number of rotatable bonds is 4. The minimum absolute atomic E-state index is 0.00998. The number of likely N-dealkylation sites (N-methyl/N-ethyl adjacent to an activating group) is 2. The van der Waals surface area contributed by atoms with Crippen molar-refractivity contribution < 1.29 is 4.79 Å². The standard InChI is InChI=1S/C12H18N6O/c1-4-17(8-10(19)16(2)3)12-11-14-5-6-18(11)7-9(13)15-12/h5-7H,4,8,13H2,1-3H3. The number of carbonyl (C=O) groups excluding carboxylic acids is 1. The van der Waals surface area contributed by atoms with Gasteiger partial charge in [-0.05, 0) is 6.92 Å². The molecular formula is C12H18N6O. The monoisotopic (exact) mass is 262 g/mol. The third-order valence-electron chi connectivity index (χ3n) is 2.88. The highest BCUT2D eigenvalue weighted by molar-refractivity contribution is 5.82. The van der Waals surface area contributed by atoms with Crippen LogP contribution in [0.15, 0.2) is 18.6 Å². The number of amides is 1. The Morgan fingerprint density at radius 3 is 2.84 bits per heavy atom. The van der Waals surface area contributed by atoms with Crippen molar-refractivity contribution >= 4 is 23.2 Å². The van der Waals surface area contributed by atoms with Gasteiger partial charge in [-0.15, -0.1) is 0 Å². The summed E-state index contributed by atoms with van der Waals surface area (Å²) in [7, 11) is 3.46. The summed E-state index contributed by atoms with van der Waals surface area (Å²) in [6.45, 7) is 2.87. The van der Waals surface area contributed by atoms with Gasteiger partial charge in [-0.1, -0.05) is 0 Å². The molecule has 0 fully saturated rings. The van der Waals surface area contributed by atoms with Crippen molar-refractivity contribution in [3.05, 3.63) is 18.6 Å². The van der Waals surface area contributed by atoms with E-state index in [0.29, 0.717) is 23.8 Å². The molecule has 2 aromatic rings. The molecule has 2 aromatic heterocycles. The largest absolute Gasteiger partial charge is 0.382 e. The number of carbonyl (C=O) groups is 1. The molecule has 0 aliphatic heterocycles. The van der Waals surface area contributed by atoms with Crippen molar-refractivity contribution in [2.75, 3.05) is 37.8 Å². The number of aromatic nitrogens is 3. The maximum absolute atomic E-state index is 11.8. The Morgan fingerprint density at radius 1 is 1.47 bits per heavy atom. The van der Waals surface area contributed by atoms with Crippen molar-refractivity contribution in [3.8, 4) is 0 Å². The second-order valence-corrected chi connectivity index (χ2v) is 4.45. The number of fused-ring (bicyclic) bond motifs is 1. The molecule has 0 unspecified atom stereocenters. The lowest BCUT2D eigenvalue weighted by atomic mass is 10.4. The Labute approximate surface area is 111 Å². The zero-order valence-electron chi connectivity index (χ0n) is 11.4. The Bertz CT molecular complexity index is 591. The van der Waals surface area contributed by atoms with Crippen molar-refractivity contribution in [1.29, 1.82) is 0 Å². The Morgan fingerprint density at radius 2 is 2.21 bits per heavy atom. The average molecular weight is 262 g/mol. The van der Waals surface area contributed by atoms with E-state index in [1.165, 1.54) is 0 Å². The topological polar surface area (TPSA) is 79.8 Å². The van der Waals surface area contributed by atoms with E-state index in [2.05, 4.69) is 9.97 Å². The summed E-state index contributed by atoms with van der Waals surface area (Å²) >= 11 is 0. The van der Waals surface area contributed by atoms with Crippen molar-refractivity contribution in [1.82, 2.24) is 19.3 Å². The molecule has 0 aromatic carbocycles. The second kappa shape index (κ2) is 5.13. The Kier molecular flexibility index (Phi) is 3.55. The smallest absolute Gasteiger partial charge is 0.241 e.